The molecule has 0 aliphatic heterocycles. The largest absolute Gasteiger partial charge is 0.348 e. The molecule has 0 aliphatic rings. The highest BCUT2D eigenvalue weighted by Gasteiger charge is 2.03. The number of hydrogen-bond donors (Lipinski definition) is 2. The molecule has 0 radical (unpaired) electrons. The van der Waals surface area contributed by atoms with E-state index in [0.717, 1.165) is 31.2 Å². The number of hydroxylamine groups is 2. The molecule has 0 saturated heterocycles. The van der Waals surface area contributed by atoms with Gasteiger partial charge in [0.1, 0.15) is 0 Å². The Morgan fingerprint density at radius 1 is 1.14 bits per heavy atom. The summed E-state index contributed by atoms with van der Waals surface area (Å²) in [5, 5.41) is 16.7. The first-order valence-electron chi connectivity index (χ1n) is 6.76. The van der Waals surface area contributed by atoms with Gasteiger partial charge in [-0.2, -0.15) is 0 Å². The van der Waals surface area contributed by atoms with Gasteiger partial charge in [-0.1, -0.05) is 35.6 Å². The number of rotatable bonds is 6. The third-order valence-electron chi connectivity index (χ3n) is 3.17. The molecule has 1 heterocycles. The molecule has 21 heavy (non-hydrogen) atoms. The summed E-state index contributed by atoms with van der Waals surface area (Å²) in [7, 11) is 0. The maximum absolute atomic E-state index is 11.1. The van der Waals surface area contributed by atoms with Crippen molar-refractivity contribution in [1.82, 2.24) is 9.79 Å². The first-order chi connectivity index (χ1) is 10.2. The Morgan fingerprint density at radius 3 is 2.62 bits per heavy atom. The summed E-state index contributed by atoms with van der Waals surface area (Å²) in [5.74, 6) is -0.882. The number of carbonyl (C=O) groups excluding carboxylic acids is 1. The predicted molar refractivity (Wildman–Crippen MR) is 78.6 cm³/mol. The number of aryl methyl sites for hydroxylation is 2. The number of aromatic nitrogens is 1. The number of hydrogen-bond acceptors (Lipinski definition) is 3. The van der Waals surface area contributed by atoms with Crippen molar-refractivity contribution >= 4 is 12.0 Å². The third-order valence-corrected chi connectivity index (χ3v) is 3.17. The lowest BCUT2D eigenvalue weighted by Crippen LogP contribution is -2.20. The fraction of sp³-hybridized carbons (Fsp3) is 0.188. The van der Waals surface area contributed by atoms with Crippen LogP contribution in [0.15, 0.2) is 54.7 Å². The van der Waals surface area contributed by atoms with Crippen molar-refractivity contribution < 1.29 is 15.2 Å². The zero-order valence-electron chi connectivity index (χ0n) is 11.6. The van der Waals surface area contributed by atoms with Gasteiger partial charge in [0.15, 0.2) is 0 Å². The minimum absolute atomic E-state index is 0.431. The van der Waals surface area contributed by atoms with Crippen molar-refractivity contribution in [2.24, 2.45) is 0 Å². The van der Waals surface area contributed by atoms with Gasteiger partial charge < -0.3 is 4.57 Å². The zero-order valence-corrected chi connectivity index (χ0v) is 11.6. The molecule has 1 aromatic heterocycles. The van der Waals surface area contributed by atoms with Gasteiger partial charge in [-0.15, -0.1) is 0 Å². The number of amides is 1. The van der Waals surface area contributed by atoms with Crippen molar-refractivity contribution in [2.45, 2.75) is 19.4 Å². The molecule has 2 N–H and O–H groups in total. The Hall–Kier alpha value is -2.37. The molecule has 0 spiro atoms. The molecule has 0 fully saturated rings. The maximum atomic E-state index is 11.1. The van der Waals surface area contributed by atoms with E-state index in [-0.39, 0.29) is 0 Å². The average molecular weight is 286 g/mol. The molecule has 0 aliphatic carbocycles. The predicted octanol–water partition coefficient (Wildman–Crippen LogP) is 2.74. The summed E-state index contributed by atoms with van der Waals surface area (Å²) in [4.78, 5) is 11.1. The van der Waals surface area contributed by atoms with Crippen molar-refractivity contribution in [3.05, 3.63) is 66.0 Å². The lowest BCUT2D eigenvalue weighted by molar-refractivity contribution is -0.280. The van der Waals surface area contributed by atoms with Crippen LogP contribution < -0.4 is 0 Å². The zero-order chi connectivity index (χ0) is 15.1. The van der Waals surface area contributed by atoms with Crippen molar-refractivity contribution in [1.29, 1.82) is 0 Å². The Morgan fingerprint density at radius 2 is 1.90 bits per heavy atom. The molecule has 0 unspecified atom stereocenters. The van der Waals surface area contributed by atoms with E-state index in [1.165, 1.54) is 5.56 Å². The first kappa shape index (κ1) is 15.0. The molecule has 1 aromatic carbocycles. The molecule has 110 valence electrons. The van der Waals surface area contributed by atoms with Gasteiger partial charge in [-0.05, 0) is 36.6 Å². The van der Waals surface area contributed by atoms with E-state index in [2.05, 4.69) is 12.1 Å². The molecule has 5 heteroatoms. The van der Waals surface area contributed by atoms with Crippen LogP contribution in [-0.4, -0.2) is 26.1 Å². The first-order valence-corrected chi connectivity index (χ1v) is 6.76. The second kappa shape index (κ2) is 7.42. The summed E-state index contributed by atoms with van der Waals surface area (Å²) < 4.78 is 2.02. The molecule has 0 atom stereocenters. The van der Waals surface area contributed by atoms with Crippen LogP contribution in [0.25, 0.3) is 6.08 Å². The van der Waals surface area contributed by atoms with E-state index in [1.807, 2.05) is 41.1 Å². The minimum Gasteiger partial charge on any atom is -0.348 e. The second-order valence-electron chi connectivity index (χ2n) is 4.68. The number of benzene rings is 1. The van der Waals surface area contributed by atoms with Gasteiger partial charge in [0.05, 0.1) is 0 Å². The van der Waals surface area contributed by atoms with E-state index in [4.69, 9.17) is 10.4 Å². The van der Waals surface area contributed by atoms with E-state index >= 15 is 0 Å². The fourth-order valence-corrected chi connectivity index (χ4v) is 2.10. The quantitative estimate of drug-likeness (QED) is 0.487. The summed E-state index contributed by atoms with van der Waals surface area (Å²) in [5.41, 5.74) is 2.14. The van der Waals surface area contributed by atoms with Crippen LogP contribution in [0.3, 0.4) is 0 Å². The van der Waals surface area contributed by atoms with Crippen LogP contribution in [0, 0.1) is 0 Å². The third kappa shape index (κ3) is 4.59. The van der Waals surface area contributed by atoms with E-state index in [0.29, 0.717) is 0 Å². The molecule has 1 amide bonds. The Labute approximate surface area is 123 Å². The van der Waals surface area contributed by atoms with Gasteiger partial charge in [0.2, 0.25) is 0 Å². The average Bonchev–Trinajstić information content (AvgIpc) is 2.93. The Bertz CT molecular complexity index is 603. The normalized spacial score (nSPS) is 11.0. The van der Waals surface area contributed by atoms with Gasteiger partial charge in [0, 0.05) is 24.5 Å². The second-order valence-corrected chi connectivity index (χ2v) is 4.68. The van der Waals surface area contributed by atoms with Crippen LogP contribution in [0.1, 0.15) is 17.7 Å². The highest BCUT2D eigenvalue weighted by atomic mass is 16.8. The van der Waals surface area contributed by atoms with Crippen LogP contribution in [-0.2, 0) is 17.8 Å². The van der Waals surface area contributed by atoms with E-state index in [9.17, 15) is 4.79 Å². The van der Waals surface area contributed by atoms with Crippen molar-refractivity contribution in [3.63, 3.8) is 0 Å². The van der Waals surface area contributed by atoms with Crippen molar-refractivity contribution in [3.8, 4) is 0 Å². The monoisotopic (exact) mass is 286 g/mol. The molecule has 5 nitrogen and oxygen atoms in total. The standard InChI is InChI=1S/C16H18N2O3/c19-16(18(20)21)11-10-15-9-5-13-17(15)12-4-8-14-6-2-1-3-7-14/h1-3,5-7,9-11,13,20-21H,4,8,12H2. The van der Waals surface area contributed by atoms with E-state index < -0.39 is 11.1 Å². The van der Waals surface area contributed by atoms with Gasteiger partial charge >= 0.3 is 0 Å². The van der Waals surface area contributed by atoms with E-state index in [1.54, 1.807) is 6.08 Å². The lowest BCUT2D eigenvalue weighted by atomic mass is 10.1. The molecule has 0 bridgehead atoms. The summed E-state index contributed by atoms with van der Waals surface area (Å²) in [6.45, 7) is 0.831. The Kier molecular flexibility index (Phi) is 5.31. The summed E-state index contributed by atoms with van der Waals surface area (Å²) in [6.07, 6.45) is 6.58. The Balaban J connectivity index is 1.90. The lowest BCUT2D eigenvalue weighted by Gasteiger charge is -2.07. The SMILES string of the molecule is O=C(C=Cc1cccn1CCCc1ccccc1)N(O)O. The highest BCUT2D eigenvalue weighted by Crippen LogP contribution is 2.09. The van der Waals surface area contributed by atoms with Crippen LogP contribution >= 0.6 is 0 Å². The number of carbonyl (C=O) groups is 1. The van der Waals surface area contributed by atoms with Crippen LogP contribution in [0.4, 0.5) is 0 Å². The fourth-order valence-electron chi connectivity index (χ4n) is 2.10. The van der Waals surface area contributed by atoms with Crippen LogP contribution in [0.2, 0.25) is 0 Å². The number of nitrogens with zero attached hydrogens (tertiary/aromatic N) is 2. The topological polar surface area (TPSA) is 65.7 Å². The summed E-state index contributed by atoms with van der Waals surface area (Å²) >= 11 is 0. The van der Waals surface area contributed by atoms with Crippen molar-refractivity contribution in [2.75, 3.05) is 0 Å². The molecule has 2 rings (SSSR count). The smallest absolute Gasteiger partial charge is 0.296 e. The van der Waals surface area contributed by atoms with Gasteiger partial charge in [-0.25, -0.2) is 0 Å². The molecule has 0 saturated carbocycles. The minimum atomic E-state index is -0.882. The molecule has 2 aromatic rings. The van der Waals surface area contributed by atoms with Gasteiger partial charge in [0.25, 0.3) is 5.91 Å². The molecular formula is C16H18N2O3. The molecular weight excluding hydrogens is 268 g/mol. The maximum Gasteiger partial charge on any atom is 0.296 e. The van der Waals surface area contributed by atoms with Gasteiger partial charge in [-0.3, -0.25) is 15.2 Å². The highest BCUT2D eigenvalue weighted by molar-refractivity contribution is 5.89. The van der Waals surface area contributed by atoms with Crippen LogP contribution in [0.5, 0.6) is 0 Å². The summed E-state index contributed by atoms with van der Waals surface area (Å²) in [6, 6.07) is 14.0.